The van der Waals surface area contributed by atoms with Crippen LogP contribution in [-0.4, -0.2) is 49.6 Å². The van der Waals surface area contributed by atoms with Crippen molar-refractivity contribution in [1.82, 2.24) is 0 Å². The highest BCUT2D eigenvalue weighted by molar-refractivity contribution is 5.70. The van der Waals surface area contributed by atoms with Gasteiger partial charge in [0.2, 0.25) is 0 Å². The van der Waals surface area contributed by atoms with Gasteiger partial charge >= 0.3 is 11.9 Å². The molecule has 0 aliphatic heterocycles. The van der Waals surface area contributed by atoms with Gasteiger partial charge in [-0.25, -0.2) is 0 Å². The van der Waals surface area contributed by atoms with Gasteiger partial charge in [0, 0.05) is 7.11 Å². The summed E-state index contributed by atoms with van der Waals surface area (Å²) < 4.78 is 15.3. The lowest BCUT2D eigenvalue weighted by Crippen LogP contribution is -2.38. The van der Waals surface area contributed by atoms with Crippen LogP contribution in [-0.2, 0) is 23.8 Å². The number of hydrogen-bond acceptors (Lipinski definition) is 6. The topological polar surface area (TPSA) is 82.1 Å². The van der Waals surface area contributed by atoms with Gasteiger partial charge in [0.1, 0.15) is 0 Å². The zero-order valence-corrected chi connectivity index (χ0v) is 27.0. The molecule has 8 bridgehead atoms. The first-order valence-electron chi connectivity index (χ1n) is 17.3. The molecule has 8 rings (SSSR count). The van der Waals surface area contributed by atoms with Gasteiger partial charge in [-0.2, -0.15) is 0 Å². The van der Waals surface area contributed by atoms with Crippen LogP contribution < -0.4 is 0 Å². The summed E-state index contributed by atoms with van der Waals surface area (Å²) in [7, 11) is 4.59. The molecule has 0 heterocycles. The zero-order valence-electron chi connectivity index (χ0n) is 27.0. The predicted octanol–water partition coefficient (Wildman–Crippen LogP) is 6.22. The van der Waals surface area contributed by atoms with E-state index in [0.29, 0.717) is 12.3 Å². The quantitative estimate of drug-likeness (QED) is 0.194. The molecule has 6 heteroatoms. The van der Waals surface area contributed by atoms with Gasteiger partial charge in [-0.3, -0.25) is 9.59 Å². The summed E-state index contributed by atoms with van der Waals surface area (Å²) in [4.78, 5) is 23.2. The number of carbonyl (C=O) groups excluding carboxylic acids is 2. The molecule has 0 aromatic carbocycles. The molecule has 8 aliphatic carbocycles. The first kappa shape index (κ1) is 30.0. The maximum atomic E-state index is 11.7. The first-order valence-corrected chi connectivity index (χ1v) is 17.3. The maximum absolute atomic E-state index is 11.7. The second-order valence-electron chi connectivity index (χ2n) is 16.6. The number of ether oxygens (including phenoxy) is 3. The Hall–Kier alpha value is -1.66. The van der Waals surface area contributed by atoms with Crippen LogP contribution in [0.5, 0.6) is 0 Å². The molecule has 0 amide bonds. The lowest BCUT2D eigenvalue weighted by atomic mass is 9.67. The fraction of sp³-hybridized carbons (Fsp3) is 0.838. The Morgan fingerprint density at radius 3 is 1.56 bits per heavy atom. The zero-order chi connectivity index (χ0) is 30.3. The van der Waals surface area contributed by atoms with Crippen LogP contribution in [0.2, 0.25) is 0 Å². The van der Waals surface area contributed by atoms with E-state index in [0.717, 1.165) is 89.8 Å². The van der Waals surface area contributed by atoms with Gasteiger partial charge in [0.05, 0.1) is 38.3 Å². The smallest absolute Gasteiger partial charge is 0.308 e. The molecule has 6 saturated carbocycles. The molecule has 6 fully saturated rings. The lowest BCUT2D eigenvalue weighted by Gasteiger charge is -2.40. The van der Waals surface area contributed by atoms with Crippen molar-refractivity contribution in [3.63, 3.8) is 0 Å². The Morgan fingerprint density at radius 2 is 1.09 bits per heavy atom. The van der Waals surface area contributed by atoms with Crippen LogP contribution in [0.1, 0.15) is 78.1 Å². The molecule has 0 radical (unpaired) electrons. The van der Waals surface area contributed by atoms with Crippen molar-refractivity contribution in [2.45, 2.75) is 89.3 Å². The third kappa shape index (κ3) is 5.15. The molecule has 6 nitrogen and oxygen atoms in total. The summed E-state index contributed by atoms with van der Waals surface area (Å²) in [6.07, 6.45) is 20.4. The molecule has 43 heavy (non-hydrogen) atoms. The highest BCUT2D eigenvalue weighted by Crippen LogP contribution is 2.69. The van der Waals surface area contributed by atoms with E-state index >= 15 is 0 Å². The summed E-state index contributed by atoms with van der Waals surface area (Å²) >= 11 is 0. The van der Waals surface area contributed by atoms with E-state index in [1.165, 1.54) is 52.7 Å². The molecular formula is C37H54O6. The Bertz CT molecular complexity index is 1160. The Labute approximate surface area is 258 Å². The van der Waals surface area contributed by atoms with Crippen molar-refractivity contribution >= 4 is 11.9 Å². The third-order valence-electron chi connectivity index (χ3n) is 14.2. The molecule has 16 unspecified atom stereocenters. The Balaban J connectivity index is 0.000000140. The van der Waals surface area contributed by atoms with E-state index in [1.807, 2.05) is 0 Å². The van der Waals surface area contributed by atoms with E-state index in [4.69, 9.17) is 14.2 Å². The normalized spacial score (nSPS) is 47.6. The monoisotopic (exact) mass is 594 g/mol. The van der Waals surface area contributed by atoms with Crippen LogP contribution in [0.25, 0.3) is 0 Å². The molecule has 0 saturated heterocycles. The van der Waals surface area contributed by atoms with Gasteiger partial charge in [-0.05, 0) is 148 Å². The SMILES string of the molecule is COC(=O)CC(C)(CC1CC2CC1C1C3C=CC(C3)C21)OC.COC(=O)CC(C)(O)CC1CC2CC1C1C3C=CC(C3)C21. The maximum Gasteiger partial charge on any atom is 0.308 e. The molecule has 238 valence electrons. The van der Waals surface area contributed by atoms with Crippen molar-refractivity contribution in [3.8, 4) is 0 Å². The molecule has 0 spiro atoms. The number of aliphatic hydroxyl groups is 1. The Kier molecular flexibility index (Phi) is 7.68. The van der Waals surface area contributed by atoms with E-state index in [1.54, 1.807) is 14.0 Å². The Morgan fingerprint density at radius 1 is 0.651 bits per heavy atom. The second kappa shape index (κ2) is 11.0. The summed E-state index contributed by atoms with van der Waals surface area (Å²) in [5.74, 6) is 11.4. The number of allylic oxidation sites excluding steroid dienone is 4. The number of methoxy groups -OCH3 is 3. The molecule has 16 atom stereocenters. The van der Waals surface area contributed by atoms with E-state index in [-0.39, 0.29) is 24.0 Å². The third-order valence-corrected chi connectivity index (χ3v) is 14.2. The standard InChI is InChI=1S/C19H28O3.C18H26O3/c1-19(22-3,10-16(20)21-2)9-14-7-13-8-15(14)18-12-5-4-11(6-12)17(13)18;1-18(20,9-15(19)21-2)8-13-6-12-7-14(13)17-11-4-3-10(5-11)16(12)17/h4-5,11-15,17-18H,6-10H2,1-3H3;3-4,10-14,16-17,20H,5-9H2,1-2H3. The van der Waals surface area contributed by atoms with Crippen molar-refractivity contribution in [1.29, 1.82) is 0 Å². The van der Waals surface area contributed by atoms with Crippen LogP contribution in [0.15, 0.2) is 24.3 Å². The minimum Gasteiger partial charge on any atom is -0.469 e. The van der Waals surface area contributed by atoms with E-state index in [9.17, 15) is 14.7 Å². The number of fused-ring (bicyclic) bond motifs is 18. The predicted molar refractivity (Wildman–Crippen MR) is 163 cm³/mol. The van der Waals surface area contributed by atoms with Gasteiger partial charge in [0.25, 0.3) is 0 Å². The van der Waals surface area contributed by atoms with Crippen LogP contribution in [0, 0.1) is 82.9 Å². The number of carbonyl (C=O) groups is 2. The van der Waals surface area contributed by atoms with Crippen molar-refractivity contribution in [2.75, 3.05) is 21.3 Å². The van der Waals surface area contributed by atoms with Gasteiger partial charge in [-0.1, -0.05) is 24.3 Å². The largest absolute Gasteiger partial charge is 0.469 e. The van der Waals surface area contributed by atoms with Crippen LogP contribution >= 0.6 is 0 Å². The molecule has 8 aliphatic rings. The number of rotatable bonds is 9. The van der Waals surface area contributed by atoms with Crippen molar-refractivity contribution < 1.29 is 28.9 Å². The van der Waals surface area contributed by atoms with E-state index in [2.05, 4.69) is 31.2 Å². The minimum atomic E-state index is -0.912. The summed E-state index contributed by atoms with van der Waals surface area (Å²) in [6.45, 7) is 3.88. The first-order chi connectivity index (χ1) is 20.5. The van der Waals surface area contributed by atoms with Crippen LogP contribution in [0.4, 0.5) is 0 Å². The number of esters is 2. The molecule has 0 aromatic rings. The van der Waals surface area contributed by atoms with Crippen molar-refractivity contribution in [3.05, 3.63) is 24.3 Å². The minimum absolute atomic E-state index is 0.122. The highest BCUT2D eigenvalue weighted by Gasteiger charge is 2.62. The van der Waals surface area contributed by atoms with Gasteiger partial charge < -0.3 is 19.3 Å². The summed E-state index contributed by atoms with van der Waals surface area (Å²) in [6, 6.07) is 0. The van der Waals surface area contributed by atoms with Gasteiger partial charge in [-0.15, -0.1) is 0 Å². The average molecular weight is 595 g/mol. The van der Waals surface area contributed by atoms with Crippen LogP contribution in [0.3, 0.4) is 0 Å². The number of hydrogen-bond donors (Lipinski definition) is 1. The van der Waals surface area contributed by atoms with E-state index < -0.39 is 5.60 Å². The van der Waals surface area contributed by atoms with Gasteiger partial charge in [0.15, 0.2) is 0 Å². The molecule has 1 N–H and O–H groups in total. The lowest BCUT2D eigenvalue weighted by molar-refractivity contribution is -0.148. The molecule has 0 aromatic heterocycles. The molecular weight excluding hydrogens is 540 g/mol. The second-order valence-corrected chi connectivity index (χ2v) is 16.6. The highest BCUT2D eigenvalue weighted by atomic mass is 16.5. The summed E-state index contributed by atoms with van der Waals surface area (Å²) in [5.41, 5.74) is -1.28. The fourth-order valence-corrected chi connectivity index (χ4v) is 13.0. The van der Waals surface area contributed by atoms with Crippen molar-refractivity contribution in [2.24, 2.45) is 82.9 Å². The fourth-order valence-electron chi connectivity index (χ4n) is 13.0. The summed E-state index contributed by atoms with van der Waals surface area (Å²) in [5, 5.41) is 10.6. The average Bonchev–Trinajstić information content (AvgIpc) is 3.80.